The number of hydrogen-bond acceptors (Lipinski definition) is 2. The summed E-state index contributed by atoms with van der Waals surface area (Å²) in [6.45, 7) is 4.94. The first kappa shape index (κ1) is 14.5. The van der Waals surface area contributed by atoms with Crippen LogP contribution in [0.1, 0.15) is 16.7 Å². The van der Waals surface area contributed by atoms with E-state index in [0.29, 0.717) is 11.3 Å². The first-order valence-corrected chi connectivity index (χ1v) is 6.65. The molecule has 0 aliphatic rings. The fourth-order valence-corrected chi connectivity index (χ4v) is 2.46. The molecular weight excluding hydrogens is 253 g/mol. The lowest BCUT2D eigenvalue weighted by Crippen LogP contribution is -2.08. The van der Waals surface area contributed by atoms with E-state index >= 15 is 0 Å². The Bertz CT molecular complexity index is 599. The van der Waals surface area contributed by atoms with Gasteiger partial charge in [0.15, 0.2) is 0 Å². The summed E-state index contributed by atoms with van der Waals surface area (Å²) in [5, 5.41) is 3.16. The molecule has 2 nitrogen and oxygen atoms in total. The second-order valence-corrected chi connectivity index (χ2v) is 4.96. The lowest BCUT2D eigenvalue weighted by molar-refractivity contribution is 0.411. The molecule has 0 bridgehead atoms. The van der Waals surface area contributed by atoms with Crippen LogP contribution in [0.3, 0.4) is 0 Å². The maximum absolute atomic E-state index is 14.1. The molecule has 20 heavy (non-hydrogen) atoms. The Morgan fingerprint density at radius 1 is 1.10 bits per heavy atom. The number of methoxy groups -OCH3 is 1. The Kier molecular flexibility index (Phi) is 4.40. The Labute approximate surface area is 119 Å². The minimum Gasteiger partial charge on any atom is -0.497 e. The van der Waals surface area contributed by atoms with Gasteiger partial charge in [0, 0.05) is 18.2 Å². The van der Waals surface area contributed by atoms with E-state index in [9.17, 15) is 4.39 Å². The monoisotopic (exact) mass is 273 g/mol. The van der Waals surface area contributed by atoms with Gasteiger partial charge in [0.25, 0.3) is 0 Å². The Hall–Kier alpha value is -1.87. The summed E-state index contributed by atoms with van der Waals surface area (Å²) in [7, 11) is 3.46. The topological polar surface area (TPSA) is 21.3 Å². The quantitative estimate of drug-likeness (QED) is 0.914. The molecule has 2 aromatic carbocycles. The lowest BCUT2D eigenvalue weighted by Gasteiger charge is -2.13. The first-order chi connectivity index (χ1) is 9.56. The highest BCUT2D eigenvalue weighted by Gasteiger charge is 2.10. The highest BCUT2D eigenvalue weighted by atomic mass is 19.1. The van der Waals surface area contributed by atoms with Crippen LogP contribution in [0.4, 0.5) is 4.39 Å². The average Bonchev–Trinajstić information content (AvgIpc) is 2.42. The lowest BCUT2D eigenvalue weighted by atomic mass is 9.95. The average molecular weight is 273 g/mol. The summed E-state index contributed by atoms with van der Waals surface area (Å²) >= 11 is 0. The van der Waals surface area contributed by atoms with Crippen LogP contribution in [0.5, 0.6) is 5.75 Å². The van der Waals surface area contributed by atoms with Crippen LogP contribution in [-0.2, 0) is 6.54 Å². The van der Waals surface area contributed by atoms with Gasteiger partial charge in [-0.1, -0.05) is 12.1 Å². The molecule has 0 heterocycles. The largest absolute Gasteiger partial charge is 0.497 e. The van der Waals surface area contributed by atoms with Crippen molar-refractivity contribution in [2.24, 2.45) is 0 Å². The maximum Gasteiger partial charge on any atom is 0.134 e. The van der Waals surface area contributed by atoms with Gasteiger partial charge in [0.1, 0.15) is 11.6 Å². The summed E-state index contributed by atoms with van der Waals surface area (Å²) < 4.78 is 19.2. The molecule has 0 saturated heterocycles. The SMILES string of the molecule is CNCc1c(C)cc(-c2ccc(OC)cc2F)cc1C. The Morgan fingerprint density at radius 2 is 1.75 bits per heavy atom. The normalized spacial score (nSPS) is 10.7. The van der Waals surface area contributed by atoms with E-state index in [-0.39, 0.29) is 5.82 Å². The smallest absolute Gasteiger partial charge is 0.134 e. The van der Waals surface area contributed by atoms with Crippen LogP contribution in [0.25, 0.3) is 11.1 Å². The van der Waals surface area contributed by atoms with Gasteiger partial charge < -0.3 is 10.1 Å². The molecule has 0 amide bonds. The minimum atomic E-state index is -0.260. The second kappa shape index (κ2) is 6.06. The number of benzene rings is 2. The molecule has 0 aliphatic heterocycles. The predicted molar refractivity (Wildman–Crippen MR) is 80.6 cm³/mol. The van der Waals surface area contributed by atoms with Crippen molar-refractivity contribution in [2.45, 2.75) is 20.4 Å². The molecule has 0 fully saturated rings. The molecule has 2 aromatic rings. The van der Waals surface area contributed by atoms with E-state index in [1.807, 2.05) is 19.2 Å². The van der Waals surface area contributed by atoms with Crippen molar-refractivity contribution in [1.82, 2.24) is 5.32 Å². The standard InChI is InChI=1S/C17H20FNO/c1-11-7-13(8-12(2)16(11)10-19-3)15-6-5-14(20-4)9-17(15)18/h5-9,19H,10H2,1-4H3. The number of ether oxygens (including phenoxy) is 1. The number of rotatable bonds is 4. The van der Waals surface area contributed by atoms with Crippen LogP contribution in [0.2, 0.25) is 0 Å². The highest BCUT2D eigenvalue weighted by Crippen LogP contribution is 2.29. The van der Waals surface area contributed by atoms with Crippen molar-refractivity contribution in [3.8, 4) is 16.9 Å². The van der Waals surface area contributed by atoms with Gasteiger partial charge in [-0.05, 0) is 55.3 Å². The zero-order chi connectivity index (χ0) is 14.7. The van der Waals surface area contributed by atoms with Gasteiger partial charge in [0.05, 0.1) is 7.11 Å². The molecule has 0 atom stereocenters. The summed E-state index contributed by atoms with van der Waals surface area (Å²) in [5.74, 6) is 0.274. The molecule has 3 heteroatoms. The molecule has 0 unspecified atom stereocenters. The van der Waals surface area contributed by atoms with Crippen molar-refractivity contribution in [3.05, 3.63) is 52.8 Å². The number of aryl methyl sites for hydroxylation is 2. The van der Waals surface area contributed by atoms with Gasteiger partial charge in [-0.2, -0.15) is 0 Å². The summed E-state index contributed by atoms with van der Waals surface area (Å²) in [6.07, 6.45) is 0. The van der Waals surface area contributed by atoms with Gasteiger partial charge >= 0.3 is 0 Å². The third-order valence-corrected chi connectivity index (χ3v) is 3.54. The van der Waals surface area contributed by atoms with Crippen molar-refractivity contribution in [1.29, 1.82) is 0 Å². The fraction of sp³-hybridized carbons (Fsp3) is 0.294. The van der Waals surface area contributed by atoms with E-state index in [2.05, 4.69) is 19.2 Å². The Balaban J connectivity index is 2.48. The molecule has 2 rings (SSSR count). The van der Waals surface area contributed by atoms with Crippen molar-refractivity contribution in [3.63, 3.8) is 0 Å². The summed E-state index contributed by atoms with van der Waals surface area (Å²) in [4.78, 5) is 0. The van der Waals surface area contributed by atoms with Gasteiger partial charge in [-0.15, -0.1) is 0 Å². The van der Waals surface area contributed by atoms with E-state index in [0.717, 1.165) is 12.1 Å². The van der Waals surface area contributed by atoms with Gasteiger partial charge in [-0.25, -0.2) is 4.39 Å². The number of nitrogens with one attached hydrogen (secondary N) is 1. The third kappa shape index (κ3) is 2.83. The summed E-state index contributed by atoms with van der Waals surface area (Å²) in [5.41, 5.74) is 5.12. The van der Waals surface area contributed by atoms with E-state index in [1.165, 1.54) is 29.9 Å². The van der Waals surface area contributed by atoms with Crippen molar-refractivity contribution >= 4 is 0 Å². The molecular formula is C17H20FNO. The van der Waals surface area contributed by atoms with Crippen molar-refractivity contribution < 1.29 is 9.13 Å². The first-order valence-electron chi connectivity index (χ1n) is 6.65. The van der Waals surface area contributed by atoms with Gasteiger partial charge in [-0.3, -0.25) is 0 Å². The number of halogens is 1. The molecule has 0 saturated carbocycles. The van der Waals surface area contributed by atoms with E-state index in [4.69, 9.17) is 4.74 Å². The third-order valence-electron chi connectivity index (χ3n) is 3.54. The Morgan fingerprint density at radius 3 is 2.25 bits per heavy atom. The van der Waals surface area contributed by atoms with Gasteiger partial charge in [0.2, 0.25) is 0 Å². The van der Waals surface area contributed by atoms with Crippen LogP contribution in [0.15, 0.2) is 30.3 Å². The predicted octanol–water partition coefficient (Wildman–Crippen LogP) is 3.84. The second-order valence-electron chi connectivity index (χ2n) is 4.96. The fourth-order valence-electron chi connectivity index (χ4n) is 2.46. The van der Waals surface area contributed by atoms with Crippen LogP contribution < -0.4 is 10.1 Å². The minimum absolute atomic E-state index is 0.260. The van der Waals surface area contributed by atoms with Crippen LogP contribution >= 0.6 is 0 Å². The highest BCUT2D eigenvalue weighted by molar-refractivity contribution is 5.67. The molecule has 106 valence electrons. The van der Waals surface area contributed by atoms with E-state index < -0.39 is 0 Å². The molecule has 0 aromatic heterocycles. The molecule has 0 radical (unpaired) electrons. The zero-order valence-electron chi connectivity index (χ0n) is 12.4. The van der Waals surface area contributed by atoms with Crippen LogP contribution in [-0.4, -0.2) is 14.2 Å². The van der Waals surface area contributed by atoms with Crippen LogP contribution in [0, 0.1) is 19.7 Å². The molecule has 1 N–H and O–H groups in total. The number of hydrogen-bond donors (Lipinski definition) is 1. The van der Waals surface area contributed by atoms with Crippen molar-refractivity contribution in [2.75, 3.05) is 14.2 Å². The molecule has 0 aliphatic carbocycles. The summed E-state index contributed by atoms with van der Waals surface area (Å²) in [6, 6.07) is 9.03. The maximum atomic E-state index is 14.1. The zero-order valence-corrected chi connectivity index (χ0v) is 12.4. The van der Waals surface area contributed by atoms with E-state index in [1.54, 1.807) is 12.1 Å². The molecule has 0 spiro atoms.